The van der Waals surface area contributed by atoms with Gasteiger partial charge in [-0.3, -0.25) is 4.57 Å². The van der Waals surface area contributed by atoms with Crippen LogP contribution in [-0.2, 0) is 23.1 Å². The van der Waals surface area contributed by atoms with Crippen LogP contribution in [0.25, 0.3) is 0 Å². The lowest BCUT2D eigenvalue weighted by Gasteiger charge is -2.32. The van der Waals surface area contributed by atoms with E-state index in [0.717, 1.165) is 11.1 Å². The van der Waals surface area contributed by atoms with Gasteiger partial charge in [-0.05, 0) is 64.9 Å². The fourth-order valence-corrected chi connectivity index (χ4v) is 5.31. The van der Waals surface area contributed by atoms with Crippen molar-refractivity contribution in [2.75, 3.05) is 47.5 Å². The van der Waals surface area contributed by atoms with E-state index in [1.807, 2.05) is 58.4 Å². The van der Waals surface area contributed by atoms with Crippen molar-refractivity contribution in [3.8, 4) is 0 Å². The van der Waals surface area contributed by atoms with Crippen molar-refractivity contribution < 1.29 is 37.6 Å². The Morgan fingerprint density at radius 2 is 1.49 bits per heavy atom. The minimum Gasteiger partial charge on any atom is -0.756 e. The zero-order valence-corrected chi connectivity index (χ0v) is 31.1. The Labute approximate surface area is 284 Å². The number of phosphoric ester groups is 1. The normalized spacial score (nSPS) is 19.4. The van der Waals surface area contributed by atoms with Gasteiger partial charge in [-0.15, -0.1) is 0 Å². The van der Waals surface area contributed by atoms with E-state index in [1.165, 1.54) is 36.0 Å². The smallest absolute Gasteiger partial charge is 0.334 e. The largest absolute Gasteiger partial charge is 0.756 e. The van der Waals surface area contributed by atoms with Gasteiger partial charge in [0.1, 0.15) is 19.3 Å². The van der Waals surface area contributed by atoms with Crippen LogP contribution in [0.1, 0.15) is 67.7 Å². The van der Waals surface area contributed by atoms with Crippen molar-refractivity contribution in [3.63, 3.8) is 0 Å². The average Bonchev–Trinajstić information content (AvgIpc) is 2.95. The third kappa shape index (κ3) is 18.9. The highest BCUT2D eigenvalue weighted by Crippen LogP contribution is 2.41. The van der Waals surface area contributed by atoms with Gasteiger partial charge in [0.05, 0.1) is 34.4 Å². The summed E-state index contributed by atoms with van der Waals surface area (Å²) in [5.74, 6) is -0.694. The van der Waals surface area contributed by atoms with Crippen LogP contribution in [-0.4, -0.2) is 69.2 Å². The van der Waals surface area contributed by atoms with Crippen LogP contribution in [0.5, 0.6) is 0 Å². The Balaban J connectivity index is 2.60. The second-order valence-electron chi connectivity index (χ2n) is 13.7. The number of aliphatic hydroxyl groups excluding tert-OH is 1. The lowest BCUT2D eigenvalue weighted by Crippen LogP contribution is -2.37. The van der Waals surface area contributed by atoms with Gasteiger partial charge < -0.3 is 28.3 Å². The molecule has 1 aliphatic rings. The van der Waals surface area contributed by atoms with Crippen LogP contribution in [0.4, 0.5) is 0 Å². The van der Waals surface area contributed by atoms with Gasteiger partial charge in [-0.2, -0.15) is 0 Å². The predicted octanol–water partition coefficient (Wildman–Crippen LogP) is 7.63. The molecule has 47 heavy (non-hydrogen) atoms. The van der Waals surface area contributed by atoms with Crippen molar-refractivity contribution in [1.82, 2.24) is 0 Å². The second-order valence-corrected chi connectivity index (χ2v) is 15.2. The number of aliphatic hydroxyl groups is 1. The Morgan fingerprint density at radius 3 is 2.04 bits per heavy atom. The van der Waals surface area contributed by atoms with Gasteiger partial charge in [0.2, 0.25) is 0 Å². The molecule has 1 aliphatic carbocycles. The molecule has 0 aromatic heterocycles. The summed E-state index contributed by atoms with van der Waals surface area (Å²) >= 11 is 0. The lowest BCUT2D eigenvalue weighted by molar-refractivity contribution is -0.870. The van der Waals surface area contributed by atoms with E-state index in [2.05, 4.69) is 65.0 Å². The third-order valence-electron chi connectivity index (χ3n) is 7.54. The summed E-state index contributed by atoms with van der Waals surface area (Å²) in [7, 11) is 1.11. The molecule has 0 aliphatic heterocycles. The number of hydrogen-bond acceptors (Lipinski definition) is 7. The van der Waals surface area contributed by atoms with E-state index in [1.54, 1.807) is 19.1 Å². The number of phosphoric acid groups is 1. The summed E-state index contributed by atoms with van der Waals surface area (Å²) in [4.78, 5) is 24.3. The average molecular weight is 672 g/mol. The van der Waals surface area contributed by atoms with E-state index in [-0.39, 0.29) is 17.6 Å². The third-order valence-corrected chi connectivity index (χ3v) is 8.50. The molecule has 2 unspecified atom stereocenters. The zero-order chi connectivity index (χ0) is 35.7. The van der Waals surface area contributed by atoms with Crippen molar-refractivity contribution >= 4 is 13.8 Å². The number of quaternary nitrogens is 1. The van der Waals surface area contributed by atoms with E-state index >= 15 is 0 Å². The molecular weight excluding hydrogens is 613 g/mol. The molecule has 8 nitrogen and oxygen atoms in total. The van der Waals surface area contributed by atoms with Crippen LogP contribution in [0.15, 0.2) is 106 Å². The maximum Gasteiger partial charge on any atom is 0.334 e. The molecule has 0 amide bonds. The van der Waals surface area contributed by atoms with E-state index in [9.17, 15) is 19.4 Å². The van der Waals surface area contributed by atoms with Crippen molar-refractivity contribution in [2.45, 2.75) is 73.8 Å². The standard InChI is InChI=1S/C38H58NO7P/c1-30(18-13-19-32(3)23-24-36-33(4)22-15-25-38(36,6)7)16-11-12-17-31(2)20-14-21-34(5)37(41)46-35(28-40)29-45-47(42,43)44-27-26-39(8,9)10/h11-14,16-21,23-24,35,40H,15,22,25-29H2,1-10H3/b12-11+,18-13+,20-14+,24-23+,30-16+,31-17+,32-19+,34-21+. The molecule has 0 spiro atoms. The SMILES string of the molecule is CC1=C(/C=C/C(C)=C/C=C/C(C)=C/C=C/C=C(C)/C=C/C=C(\C)C(=O)OC(CO)COP(=O)([O-])OCC[N+](C)(C)C)C(C)(C)CCC1. The fraction of sp³-hybridized carbons (Fsp3) is 0.500. The van der Waals surface area contributed by atoms with Crippen molar-refractivity contribution in [3.05, 3.63) is 106 Å². The van der Waals surface area contributed by atoms with Crippen LogP contribution in [0, 0.1) is 5.41 Å². The lowest BCUT2D eigenvalue weighted by atomic mass is 9.72. The number of hydrogen-bond donors (Lipinski definition) is 1. The van der Waals surface area contributed by atoms with Crippen LogP contribution in [0.2, 0.25) is 0 Å². The minimum atomic E-state index is -4.59. The molecule has 262 valence electrons. The number of esters is 1. The summed E-state index contributed by atoms with van der Waals surface area (Å²) in [5.41, 5.74) is 6.79. The molecule has 0 heterocycles. The van der Waals surface area contributed by atoms with Gasteiger partial charge in [0.15, 0.2) is 0 Å². The Kier molecular flexibility index (Phi) is 18.4. The maximum atomic E-state index is 12.4. The van der Waals surface area contributed by atoms with Crippen molar-refractivity contribution in [2.24, 2.45) is 5.41 Å². The number of carbonyl (C=O) groups is 1. The van der Waals surface area contributed by atoms with Crippen LogP contribution < -0.4 is 4.89 Å². The highest BCUT2D eigenvalue weighted by Gasteiger charge is 2.26. The van der Waals surface area contributed by atoms with Gasteiger partial charge in [0, 0.05) is 5.57 Å². The molecule has 1 rings (SSSR count). The number of allylic oxidation sites excluding steroid dienone is 17. The van der Waals surface area contributed by atoms with Gasteiger partial charge in [-0.1, -0.05) is 109 Å². The molecule has 0 aromatic rings. The summed E-state index contributed by atoms with van der Waals surface area (Å²) in [6.45, 7) is 13.9. The highest BCUT2D eigenvalue weighted by molar-refractivity contribution is 7.45. The zero-order valence-electron chi connectivity index (χ0n) is 30.2. The summed E-state index contributed by atoms with van der Waals surface area (Å²) < 4.78 is 27.3. The molecule has 9 heteroatoms. The predicted molar refractivity (Wildman–Crippen MR) is 191 cm³/mol. The second kappa shape index (κ2) is 20.5. The summed E-state index contributed by atoms with van der Waals surface area (Å²) in [6.07, 6.45) is 26.4. The molecule has 2 atom stereocenters. The fourth-order valence-electron chi connectivity index (χ4n) is 4.58. The number of carbonyl (C=O) groups excluding carboxylic acids is 1. The topological polar surface area (TPSA) is 105 Å². The summed E-state index contributed by atoms with van der Waals surface area (Å²) in [5, 5.41) is 9.52. The molecule has 1 N–H and O–H groups in total. The first-order chi connectivity index (χ1) is 21.8. The van der Waals surface area contributed by atoms with Crippen molar-refractivity contribution in [1.29, 1.82) is 0 Å². The van der Waals surface area contributed by atoms with Gasteiger partial charge >= 0.3 is 5.97 Å². The number of rotatable bonds is 18. The molecular formula is C38H58NO7P. The van der Waals surface area contributed by atoms with Gasteiger partial charge in [-0.25, -0.2) is 4.79 Å². The monoisotopic (exact) mass is 671 g/mol. The molecule has 0 saturated heterocycles. The van der Waals surface area contributed by atoms with E-state index < -0.39 is 33.1 Å². The first-order valence-corrected chi connectivity index (χ1v) is 17.6. The highest BCUT2D eigenvalue weighted by atomic mass is 31.2. The maximum absolute atomic E-state index is 12.4. The molecule has 0 radical (unpaired) electrons. The van der Waals surface area contributed by atoms with Gasteiger partial charge in [0.25, 0.3) is 7.82 Å². The first-order valence-electron chi connectivity index (χ1n) is 16.2. The van der Waals surface area contributed by atoms with Crippen LogP contribution in [0.3, 0.4) is 0 Å². The Bertz CT molecular complexity index is 1360. The molecule has 0 saturated carbocycles. The first kappa shape index (κ1) is 42.2. The van der Waals surface area contributed by atoms with E-state index in [4.69, 9.17) is 13.8 Å². The molecule has 0 fully saturated rings. The number of nitrogens with zero attached hydrogens (tertiary/aromatic N) is 1. The quantitative estimate of drug-likeness (QED) is 0.0525. The number of likely N-dealkylation sites (N-methyl/N-ethyl adjacent to an activating group) is 1. The van der Waals surface area contributed by atoms with E-state index in [0.29, 0.717) is 11.0 Å². The summed E-state index contributed by atoms with van der Waals surface area (Å²) in [6, 6.07) is 0. The minimum absolute atomic E-state index is 0.0487. The van der Waals surface area contributed by atoms with Crippen LogP contribution >= 0.6 is 7.82 Å². The number of ether oxygens (including phenoxy) is 1. The Morgan fingerprint density at radius 1 is 0.936 bits per heavy atom. The molecule has 0 bridgehead atoms. The molecule has 0 aromatic carbocycles. The Hall–Kier alpha value is -2.84.